The van der Waals surface area contributed by atoms with Crippen molar-refractivity contribution in [3.8, 4) is 0 Å². The van der Waals surface area contributed by atoms with Crippen LogP contribution in [0.5, 0.6) is 0 Å². The lowest BCUT2D eigenvalue weighted by atomic mass is 10.2. The van der Waals surface area contributed by atoms with Crippen LogP contribution in [0.25, 0.3) is 0 Å². The Hall–Kier alpha value is -1.50. The molecule has 1 fully saturated rings. The molecule has 0 bridgehead atoms. The van der Waals surface area contributed by atoms with Crippen LogP contribution in [0.3, 0.4) is 0 Å². The maximum Gasteiger partial charge on any atom is 0.282 e. The molecule has 1 unspecified atom stereocenters. The van der Waals surface area contributed by atoms with Gasteiger partial charge in [-0.3, -0.25) is 9.69 Å². The van der Waals surface area contributed by atoms with Gasteiger partial charge in [-0.05, 0) is 23.6 Å². The number of nitrogens with zero attached hydrogens (tertiary/aromatic N) is 3. The number of aromatic nitrogens is 2. The molecule has 7 heteroatoms. The van der Waals surface area contributed by atoms with Crippen LogP contribution in [-0.2, 0) is 6.54 Å². The minimum Gasteiger partial charge on any atom is -0.346 e. The van der Waals surface area contributed by atoms with Gasteiger partial charge in [-0.1, -0.05) is 41.7 Å². The molecule has 1 aliphatic rings. The lowest BCUT2D eigenvalue weighted by molar-refractivity contribution is 0.0936. The summed E-state index contributed by atoms with van der Waals surface area (Å²) in [6, 6.07) is 10.5. The van der Waals surface area contributed by atoms with Crippen molar-refractivity contribution in [1.82, 2.24) is 20.4 Å². The summed E-state index contributed by atoms with van der Waals surface area (Å²) in [5, 5.41) is 10.7. The van der Waals surface area contributed by atoms with Crippen molar-refractivity contribution in [1.29, 1.82) is 0 Å². The van der Waals surface area contributed by atoms with E-state index in [1.54, 1.807) is 0 Å². The molecule has 1 atom stereocenters. The summed E-state index contributed by atoms with van der Waals surface area (Å²) < 4.78 is 0.289. The molecule has 2 heterocycles. The largest absolute Gasteiger partial charge is 0.346 e. The lowest BCUT2D eigenvalue weighted by Gasteiger charge is -2.16. The van der Waals surface area contributed by atoms with Crippen LogP contribution >= 0.6 is 22.9 Å². The first kappa shape index (κ1) is 14.4. The van der Waals surface area contributed by atoms with E-state index >= 15 is 0 Å². The quantitative estimate of drug-likeness (QED) is 0.937. The third-order valence-electron chi connectivity index (χ3n) is 3.45. The maximum atomic E-state index is 12.0. The van der Waals surface area contributed by atoms with Gasteiger partial charge < -0.3 is 5.32 Å². The van der Waals surface area contributed by atoms with Crippen LogP contribution in [-0.4, -0.2) is 40.1 Å². The topological polar surface area (TPSA) is 58.1 Å². The van der Waals surface area contributed by atoms with Crippen molar-refractivity contribution in [3.63, 3.8) is 0 Å². The summed E-state index contributed by atoms with van der Waals surface area (Å²) in [6.45, 7) is 2.75. The van der Waals surface area contributed by atoms with E-state index in [4.69, 9.17) is 11.6 Å². The SMILES string of the molecule is O=C(NC1CCN(Cc2ccccc2)C1)c1nnc(Cl)s1. The second-order valence-corrected chi connectivity index (χ2v) is 6.60. The van der Waals surface area contributed by atoms with Gasteiger partial charge in [0.1, 0.15) is 0 Å². The summed E-state index contributed by atoms with van der Waals surface area (Å²) >= 11 is 6.79. The monoisotopic (exact) mass is 322 g/mol. The van der Waals surface area contributed by atoms with E-state index < -0.39 is 0 Å². The first-order valence-electron chi connectivity index (χ1n) is 6.77. The van der Waals surface area contributed by atoms with Crippen molar-refractivity contribution < 1.29 is 4.79 Å². The molecule has 1 aromatic heterocycles. The molecule has 1 saturated heterocycles. The van der Waals surface area contributed by atoms with Gasteiger partial charge in [0.05, 0.1) is 0 Å². The van der Waals surface area contributed by atoms with E-state index in [1.807, 2.05) is 18.2 Å². The maximum absolute atomic E-state index is 12.0. The Morgan fingerprint density at radius 2 is 2.19 bits per heavy atom. The molecule has 0 radical (unpaired) electrons. The van der Waals surface area contributed by atoms with Gasteiger partial charge in [0.25, 0.3) is 5.91 Å². The Morgan fingerprint density at radius 3 is 2.90 bits per heavy atom. The molecule has 0 aliphatic carbocycles. The van der Waals surface area contributed by atoms with Crippen LogP contribution in [0.15, 0.2) is 30.3 Å². The Labute approximate surface area is 131 Å². The highest BCUT2D eigenvalue weighted by atomic mass is 35.5. The van der Waals surface area contributed by atoms with Crippen LogP contribution in [0, 0.1) is 0 Å². The van der Waals surface area contributed by atoms with Gasteiger partial charge in [-0.25, -0.2) is 0 Å². The molecular weight excluding hydrogens is 308 g/mol. The van der Waals surface area contributed by atoms with Gasteiger partial charge >= 0.3 is 0 Å². The molecule has 1 aliphatic heterocycles. The average Bonchev–Trinajstić information content (AvgIpc) is 3.09. The van der Waals surface area contributed by atoms with Crippen molar-refractivity contribution in [2.75, 3.05) is 13.1 Å². The molecule has 0 spiro atoms. The Kier molecular flexibility index (Phi) is 4.48. The second-order valence-electron chi connectivity index (χ2n) is 5.04. The van der Waals surface area contributed by atoms with Crippen LogP contribution in [0.1, 0.15) is 21.8 Å². The number of nitrogens with one attached hydrogen (secondary N) is 1. The van der Waals surface area contributed by atoms with E-state index in [0.29, 0.717) is 5.01 Å². The zero-order valence-corrected chi connectivity index (χ0v) is 12.9. The zero-order valence-electron chi connectivity index (χ0n) is 11.3. The standard InChI is InChI=1S/C14H15ClN4OS/c15-14-18-17-13(21-14)12(20)16-11-6-7-19(9-11)8-10-4-2-1-3-5-10/h1-5,11H,6-9H2,(H,16,20). The Bertz CT molecular complexity index is 618. The smallest absolute Gasteiger partial charge is 0.282 e. The first-order chi connectivity index (χ1) is 10.2. The normalized spacial score (nSPS) is 18.8. The number of likely N-dealkylation sites (tertiary alicyclic amines) is 1. The number of hydrogen-bond acceptors (Lipinski definition) is 5. The fourth-order valence-electron chi connectivity index (χ4n) is 2.48. The molecule has 110 valence electrons. The predicted octanol–water partition coefficient (Wildman–Crippen LogP) is 2.20. The average molecular weight is 323 g/mol. The van der Waals surface area contributed by atoms with Crippen molar-refractivity contribution in [2.45, 2.75) is 19.0 Å². The fraction of sp³-hybridized carbons (Fsp3) is 0.357. The van der Waals surface area contributed by atoms with Gasteiger partial charge in [0.2, 0.25) is 9.47 Å². The highest BCUT2D eigenvalue weighted by molar-refractivity contribution is 7.17. The Balaban J connectivity index is 1.52. The second kappa shape index (κ2) is 6.51. The molecule has 5 nitrogen and oxygen atoms in total. The highest BCUT2D eigenvalue weighted by Gasteiger charge is 2.25. The van der Waals surface area contributed by atoms with E-state index in [9.17, 15) is 4.79 Å². The molecule has 3 rings (SSSR count). The number of hydrogen-bond donors (Lipinski definition) is 1. The summed E-state index contributed by atoms with van der Waals surface area (Å²) in [4.78, 5) is 14.3. The number of benzene rings is 1. The van der Waals surface area contributed by atoms with E-state index in [-0.39, 0.29) is 16.4 Å². The molecule has 0 saturated carbocycles. The Morgan fingerprint density at radius 1 is 1.38 bits per heavy atom. The summed E-state index contributed by atoms with van der Waals surface area (Å²) in [7, 11) is 0. The molecule has 1 amide bonds. The van der Waals surface area contributed by atoms with Gasteiger partial charge in [-0.2, -0.15) is 0 Å². The minimum absolute atomic E-state index is 0.156. The van der Waals surface area contributed by atoms with Crippen molar-refractivity contribution in [2.24, 2.45) is 0 Å². The zero-order chi connectivity index (χ0) is 14.7. The van der Waals surface area contributed by atoms with Crippen molar-refractivity contribution >= 4 is 28.8 Å². The number of rotatable bonds is 4. The molecule has 1 aromatic carbocycles. The molecular formula is C14H15ClN4OS. The lowest BCUT2D eigenvalue weighted by Crippen LogP contribution is -2.36. The number of amides is 1. The summed E-state index contributed by atoms with van der Waals surface area (Å²) in [5.41, 5.74) is 1.29. The predicted molar refractivity (Wildman–Crippen MR) is 82.5 cm³/mol. The minimum atomic E-state index is -0.189. The fourth-order valence-corrected chi connectivity index (χ4v) is 3.21. The van der Waals surface area contributed by atoms with Crippen LogP contribution < -0.4 is 5.32 Å². The number of halogens is 1. The van der Waals surface area contributed by atoms with Gasteiger partial charge in [0, 0.05) is 25.7 Å². The first-order valence-corrected chi connectivity index (χ1v) is 7.96. The van der Waals surface area contributed by atoms with Gasteiger partial charge in [-0.15, -0.1) is 10.2 Å². The van der Waals surface area contributed by atoms with E-state index in [0.717, 1.165) is 37.4 Å². The van der Waals surface area contributed by atoms with Crippen molar-refractivity contribution in [3.05, 3.63) is 45.4 Å². The van der Waals surface area contributed by atoms with E-state index in [2.05, 4.69) is 32.5 Å². The molecule has 2 aromatic rings. The summed E-state index contributed by atoms with van der Waals surface area (Å²) in [6.07, 6.45) is 0.950. The van der Waals surface area contributed by atoms with Crippen LogP contribution in [0.4, 0.5) is 0 Å². The van der Waals surface area contributed by atoms with Crippen LogP contribution in [0.2, 0.25) is 4.47 Å². The summed E-state index contributed by atoms with van der Waals surface area (Å²) in [5.74, 6) is -0.189. The number of carbonyl (C=O) groups excluding carboxylic acids is 1. The highest BCUT2D eigenvalue weighted by Crippen LogP contribution is 2.17. The van der Waals surface area contributed by atoms with Gasteiger partial charge in [0.15, 0.2) is 0 Å². The van der Waals surface area contributed by atoms with E-state index in [1.165, 1.54) is 5.56 Å². The molecule has 21 heavy (non-hydrogen) atoms. The third-order valence-corrected chi connectivity index (χ3v) is 4.47. The number of carbonyl (C=O) groups is 1. The molecule has 1 N–H and O–H groups in total. The third kappa shape index (κ3) is 3.78.